The monoisotopic (exact) mass is 218 g/mol. The molecule has 0 atom stereocenters. The Labute approximate surface area is 130 Å². The summed E-state index contributed by atoms with van der Waals surface area (Å²) >= 11 is 0. The molecule has 0 saturated carbocycles. The van der Waals surface area contributed by atoms with Gasteiger partial charge >= 0.3 is 119 Å². The summed E-state index contributed by atoms with van der Waals surface area (Å²) < 4.78 is 0. The van der Waals surface area contributed by atoms with Gasteiger partial charge in [-0.25, -0.2) is 4.79 Å². The van der Waals surface area contributed by atoms with Crippen LogP contribution in [-0.4, -0.2) is 129 Å². The van der Waals surface area contributed by atoms with Gasteiger partial charge in [0.1, 0.15) is 0 Å². The van der Waals surface area contributed by atoms with Crippen LogP contribution >= 0.6 is 0 Å². The van der Waals surface area contributed by atoms with E-state index in [1.807, 2.05) is 0 Å². The first-order chi connectivity index (χ1) is 1.73. The molecular weight excluding hydrogens is 211 g/mol. The predicted molar refractivity (Wildman–Crippen MR) is 34.9 cm³/mol. The summed E-state index contributed by atoms with van der Waals surface area (Å²) in [5.41, 5.74) is 0. The first kappa shape index (κ1) is 22.5. The van der Waals surface area contributed by atoms with Crippen LogP contribution in [0.5, 0.6) is 0 Å². The van der Waals surface area contributed by atoms with Gasteiger partial charge in [-0.2, -0.15) is 0 Å². The van der Waals surface area contributed by atoms with E-state index in [9.17, 15) is 0 Å². The van der Waals surface area contributed by atoms with Crippen LogP contribution in [0, 0.1) is 0 Å². The molecular formula is CH7CaNaO3Sr. The molecule has 0 aromatic heterocycles. The Kier molecular flexibility index (Phi) is 51.4. The maximum absolute atomic E-state index is 8.56. The summed E-state index contributed by atoms with van der Waals surface area (Å²) in [4.78, 5) is 8.56. The fourth-order valence-electron chi connectivity index (χ4n) is 0. The van der Waals surface area contributed by atoms with Gasteiger partial charge in [0, 0.05) is 0 Å². The minimum atomic E-state index is -1.83. The molecule has 34 valence electrons. The Morgan fingerprint density at radius 2 is 1.29 bits per heavy atom. The van der Waals surface area contributed by atoms with Crippen molar-refractivity contribution in [3.8, 4) is 0 Å². The van der Waals surface area contributed by atoms with Gasteiger partial charge in [0.05, 0.1) is 0 Å². The molecule has 0 unspecified atom stereocenters. The molecule has 0 fully saturated rings. The topological polar surface area (TPSA) is 57.5 Å². The van der Waals surface area contributed by atoms with Crippen molar-refractivity contribution in [3.63, 3.8) is 0 Å². The molecule has 0 aliphatic carbocycles. The molecule has 3 nitrogen and oxygen atoms in total. The first-order valence-corrected chi connectivity index (χ1v) is 0.651. The van der Waals surface area contributed by atoms with Crippen LogP contribution in [0.3, 0.4) is 0 Å². The Morgan fingerprint density at radius 1 is 1.29 bits per heavy atom. The van der Waals surface area contributed by atoms with Crippen LogP contribution in [0.15, 0.2) is 0 Å². The molecule has 0 rings (SSSR count). The van der Waals surface area contributed by atoms with Gasteiger partial charge in [-0.3, -0.25) is 0 Å². The number of carbonyl (C=O) groups is 1. The number of hydrogen-bond donors (Lipinski definition) is 2. The molecule has 7 heavy (non-hydrogen) atoms. The Balaban J connectivity index is -0.0000000150. The Bertz CT molecular complexity index is 37.9. The Hall–Kier alpha value is 3.01. The fraction of sp³-hybridized carbons (Fsp3) is 0. The van der Waals surface area contributed by atoms with Crippen molar-refractivity contribution in [3.05, 3.63) is 0 Å². The fourth-order valence-corrected chi connectivity index (χ4v) is 0. The van der Waals surface area contributed by atoms with E-state index >= 15 is 0 Å². The summed E-state index contributed by atoms with van der Waals surface area (Å²) in [5.74, 6) is 0. The first-order valence-electron chi connectivity index (χ1n) is 0.651. The molecule has 0 heterocycles. The van der Waals surface area contributed by atoms with Crippen LogP contribution in [0.25, 0.3) is 0 Å². The van der Waals surface area contributed by atoms with Gasteiger partial charge in [0.2, 0.25) is 0 Å². The normalized spacial score (nSPS) is 3.43. The van der Waals surface area contributed by atoms with Crippen LogP contribution in [0.2, 0.25) is 0 Å². The second kappa shape index (κ2) is 16.0. The van der Waals surface area contributed by atoms with E-state index in [2.05, 4.69) is 0 Å². The van der Waals surface area contributed by atoms with Crippen molar-refractivity contribution in [2.75, 3.05) is 0 Å². The van der Waals surface area contributed by atoms with Crippen LogP contribution < -0.4 is 0 Å². The molecule has 2 N–H and O–H groups in total. The molecule has 0 amide bonds. The predicted octanol–water partition coefficient (Wildman–Crippen LogP) is -2.26. The van der Waals surface area contributed by atoms with Crippen molar-refractivity contribution in [2.24, 2.45) is 0 Å². The standard InChI is InChI=1S/CH2O3.Ca.Na.Sr.5H/c2-1(3)4;;;;;;;;/h(H2,2,3,4);;;;;;;;. The van der Waals surface area contributed by atoms with Gasteiger partial charge in [-0.15, -0.1) is 0 Å². The van der Waals surface area contributed by atoms with Gasteiger partial charge < -0.3 is 10.2 Å². The van der Waals surface area contributed by atoms with E-state index in [-0.39, 0.29) is 113 Å². The summed E-state index contributed by atoms with van der Waals surface area (Å²) in [6.45, 7) is 0. The van der Waals surface area contributed by atoms with E-state index in [0.29, 0.717) is 0 Å². The van der Waals surface area contributed by atoms with Gasteiger partial charge in [0.25, 0.3) is 0 Å². The molecule has 0 saturated heterocycles. The molecule has 0 bridgehead atoms. The van der Waals surface area contributed by atoms with E-state index in [1.54, 1.807) is 0 Å². The molecule has 0 aromatic carbocycles. The zero-order valence-corrected chi connectivity index (χ0v) is 1.80. The number of hydrogen-bond acceptors (Lipinski definition) is 1. The average Bonchev–Trinajstić information content (AvgIpc) is 0.811. The summed E-state index contributed by atoms with van der Waals surface area (Å²) in [6, 6.07) is 0. The second-order valence-corrected chi connectivity index (χ2v) is 0.283. The van der Waals surface area contributed by atoms with Crippen molar-refractivity contribution in [1.82, 2.24) is 0 Å². The van der Waals surface area contributed by atoms with Crippen molar-refractivity contribution in [1.29, 1.82) is 0 Å². The zero-order chi connectivity index (χ0) is 3.58. The van der Waals surface area contributed by atoms with Crippen LogP contribution in [0.1, 0.15) is 0 Å². The van der Waals surface area contributed by atoms with E-state index < -0.39 is 6.16 Å². The summed E-state index contributed by atoms with van der Waals surface area (Å²) in [5, 5.41) is 13.9. The van der Waals surface area contributed by atoms with E-state index in [1.165, 1.54) is 0 Å². The SMILES string of the molecule is O=C(O)O.[CaH2].[NaH].[SrH2]. The summed E-state index contributed by atoms with van der Waals surface area (Å²) in [7, 11) is 0. The Morgan fingerprint density at radius 3 is 1.29 bits per heavy atom. The van der Waals surface area contributed by atoms with Crippen LogP contribution in [-0.2, 0) is 0 Å². The molecule has 0 aromatic rings. The third kappa shape index (κ3) is 48.9. The maximum atomic E-state index is 8.56. The second-order valence-electron chi connectivity index (χ2n) is 0.283. The van der Waals surface area contributed by atoms with E-state index in [4.69, 9.17) is 15.0 Å². The summed E-state index contributed by atoms with van der Waals surface area (Å²) in [6.07, 6.45) is -1.83. The third-order valence-corrected chi connectivity index (χ3v) is 0. The molecule has 0 aliphatic heterocycles. The third-order valence-electron chi connectivity index (χ3n) is 0. The number of rotatable bonds is 0. The number of carboxylic acid groups (broad SMARTS) is 2. The van der Waals surface area contributed by atoms with E-state index in [0.717, 1.165) is 0 Å². The van der Waals surface area contributed by atoms with Crippen LogP contribution in [0.4, 0.5) is 4.79 Å². The quantitative estimate of drug-likeness (QED) is 0.451. The molecule has 6 heteroatoms. The minimum absolute atomic E-state index is 0. The van der Waals surface area contributed by atoms with Crippen molar-refractivity contribution in [2.45, 2.75) is 0 Å². The molecule has 0 radical (unpaired) electrons. The average molecular weight is 218 g/mol. The van der Waals surface area contributed by atoms with Crippen molar-refractivity contribution < 1.29 is 15.0 Å². The zero-order valence-electron chi connectivity index (χ0n) is 1.80. The van der Waals surface area contributed by atoms with Gasteiger partial charge in [0.15, 0.2) is 0 Å². The van der Waals surface area contributed by atoms with Gasteiger partial charge in [-0.05, 0) is 0 Å². The van der Waals surface area contributed by atoms with Gasteiger partial charge in [-0.1, -0.05) is 0 Å². The molecule has 0 spiro atoms. The molecule has 0 aliphatic rings. The van der Waals surface area contributed by atoms with Crippen molar-refractivity contribution >= 4 is 119 Å².